The predicted molar refractivity (Wildman–Crippen MR) is 142 cm³/mol. The Bertz CT molecular complexity index is 1380. The zero-order chi connectivity index (χ0) is 26.0. The minimum atomic E-state index is -4.16. The molecule has 1 atom stereocenters. The Morgan fingerprint density at radius 3 is 2.31 bits per heavy atom. The molecule has 4 rings (SSSR count). The molecule has 3 aromatic rings. The molecule has 1 aliphatic rings. The van der Waals surface area contributed by atoms with Crippen LogP contribution in [0.4, 0.5) is 11.4 Å². The second-order valence-electron chi connectivity index (χ2n) is 8.32. The van der Waals surface area contributed by atoms with Crippen molar-refractivity contribution >= 4 is 43.2 Å². The van der Waals surface area contributed by atoms with Crippen molar-refractivity contribution in [2.45, 2.75) is 24.3 Å². The molecule has 1 amide bonds. The number of sulfonamides is 1. The van der Waals surface area contributed by atoms with E-state index in [4.69, 9.17) is 14.2 Å². The Balaban J connectivity index is 1.75. The van der Waals surface area contributed by atoms with Crippen molar-refractivity contribution in [3.8, 4) is 17.2 Å². The number of carbonyl (C=O) groups excluding carboxylic acids is 1. The van der Waals surface area contributed by atoms with Crippen LogP contribution in [0.1, 0.15) is 12.5 Å². The van der Waals surface area contributed by atoms with E-state index in [9.17, 15) is 13.2 Å². The molecule has 0 saturated carbocycles. The van der Waals surface area contributed by atoms with Gasteiger partial charge in [-0.3, -0.25) is 9.10 Å². The molecule has 0 aliphatic carbocycles. The summed E-state index contributed by atoms with van der Waals surface area (Å²) in [6.07, 6.45) is 0.686. The van der Waals surface area contributed by atoms with Crippen molar-refractivity contribution in [2.75, 3.05) is 37.1 Å². The maximum absolute atomic E-state index is 13.9. The van der Waals surface area contributed by atoms with Gasteiger partial charge in [0.05, 0.1) is 31.9 Å². The van der Waals surface area contributed by atoms with Crippen LogP contribution in [-0.2, 0) is 21.2 Å². The number of methoxy groups -OCH3 is 3. The third kappa shape index (κ3) is 4.87. The van der Waals surface area contributed by atoms with Crippen LogP contribution in [0.15, 0.2) is 70.0 Å². The molecule has 36 heavy (non-hydrogen) atoms. The van der Waals surface area contributed by atoms with Gasteiger partial charge in [0.2, 0.25) is 5.91 Å². The van der Waals surface area contributed by atoms with Gasteiger partial charge in [-0.05, 0) is 73.5 Å². The normalized spacial score (nSPS) is 14.8. The van der Waals surface area contributed by atoms with E-state index < -0.39 is 10.0 Å². The molecule has 0 radical (unpaired) electrons. The van der Waals surface area contributed by atoms with Gasteiger partial charge in [-0.1, -0.05) is 15.9 Å². The van der Waals surface area contributed by atoms with Gasteiger partial charge in [0.25, 0.3) is 10.0 Å². The highest BCUT2D eigenvalue weighted by Gasteiger charge is 2.35. The topological polar surface area (TPSA) is 85.4 Å². The van der Waals surface area contributed by atoms with Gasteiger partial charge in [-0.2, -0.15) is 0 Å². The van der Waals surface area contributed by atoms with E-state index in [0.717, 1.165) is 20.0 Å². The third-order valence-electron chi connectivity index (χ3n) is 6.11. The number of amides is 1. The van der Waals surface area contributed by atoms with Crippen molar-refractivity contribution in [1.82, 2.24) is 0 Å². The second kappa shape index (κ2) is 10.4. The predicted octanol–water partition coefficient (Wildman–Crippen LogP) is 4.65. The quantitative estimate of drug-likeness (QED) is 0.389. The van der Waals surface area contributed by atoms with E-state index in [1.54, 1.807) is 29.2 Å². The molecule has 0 N–H and O–H groups in total. The zero-order valence-corrected chi connectivity index (χ0v) is 22.8. The molecule has 0 bridgehead atoms. The lowest BCUT2D eigenvalue weighted by Gasteiger charge is -2.29. The summed E-state index contributed by atoms with van der Waals surface area (Å²) in [5, 5.41) is 0. The molecule has 3 aromatic carbocycles. The van der Waals surface area contributed by atoms with Crippen molar-refractivity contribution in [3.05, 3.63) is 70.7 Å². The molecule has 0 spiro atoms. The summed E-state index contributed by atoms with van der Waals surface area (Å²) in [4.78, 5) is 15.3. The largest absolute Gasteiger partial charge is 0.497 e. The van der Waals surface area contributed by atoms with Crippen molar-refractivity contribution in [1.29, 1.82) is 0 Å². The number of nitrogens with zero attached hydrogens (tertiary/aromatic N) is 2. The van der Waals surface area contributed by atoms with Crippen LogP contribution in [0.2, 0.25) is 0 Å². The number of hydrogen-bond acceptors (Lipinski definition) is 6. The Hall–Kier alpha value is -3.24. The van der Waals surface area contributed by atoms with E-state index in [1.807, 2.05) is 25.1 Å². The molecule has 0 fully saturated rings. The number of hydrogen-bond donors (Lipinski definition) is 0. The van der Waals surface area contributed by atoms with E-state index >= 15 is 0 Å². The molecule has 1 heterocycles. The summed E-state index contributed by atoms with van der Waals surface area (Å²) in [6.45, 7) is 1.56. The summed E-state index contributed by atoms with van der Waals surface area (Å²) in [6, 6.07) is 16.5. The van der Waals surface area contributed by atoms with Crippen molar-refractivity contribution in [2.24, 2.45) is 0 Å². The molecule has 8 nitrogen and oxygen atoms in total. The summed E-state index contributed by atoms with van der Waals surface area (Å²) in [5.74, 6) is 0.911. The first-order valence-electron chi connectivity index (χ1n) is 11.2. The van der Waals surface area contributed by atoms with Gasteiger partial charge in [0.1, 0.15) is 12.3 Å². The Labute approximate surface area is 219 Å². The lowest BCUT2D eigenvalue weighted by Crippen LogP contribution is -2.45. The van der Waals surface area contributed by atoms with Crippen LogP contribution in [0, 0.1) is 0 Å². The van der Waals surface area contributed by atoms with Crippen LogP contribution in [0.25, 0.3) is 0 Å². The summed E-state index contributed by atoms with van der Waals surface area (Å²) >= 11 is 3.48. The monoisotopic (exact) mass is 574 g/mol. The Kier molecular flexibility index (Phi) is 7.46. The van der Waals surface area contributed by atoms with E-state index in [-0.39, 0.29) is 29.1 Å². The van der Waals surface area contributed by atoms with Crippen LogP contribution in [0.3, 0.4) is 0 Å². The first-order chi connectivity index (χ1) is 17.2. The molecule has 190 valence electrons. The molecular formula is C26H27BrN2O6S. The van der Waals surface area contributed by atoms with E-state index in [1.165, 1.54) is 39.5 Å². The molecule has 0 saturated heterocycles. The first kappa shape index (κ1) is 25.8. The standard InChI is InChI=1S/C26H27BrN2O6S/c1-17-13-18-14-19(27)5-11-23(18)29(17)26(30)16-28(20-6-8-21(33-2)9-7-20)36(31,32)22-10-12-24(34-3)25(15-22)35-4/h5-12,14-15,17H,13,16H2,1-4H3. The van der Waals surface area contributed by atoms with Gasteiger partial charge in [0.15, 0.2) is 11.5 Å². The highest BCUT2D eigenvalue weighted by Crippen LogP contribution is 2.36. The van der Waals surface area contributed by atoms with Gasteiger partial charge < -0.3 is 19.1 Å². The van der Waals surface area contributed by atoms with Gasteiger partial charge in [-0.25, -0.2) is 8.42 Å². The molecular weight excluding hydrogens is 548 g/mol. The average molecular weight is 575 g/mol. The minimum absolute atomic E-state index is 0.0254. The van der Waals surface area contributed by atoms with Crippen LogP contribution < -0.4 is 23.4 Å². The lowest BCUT2D eigenvalue weighted by atomic mass is 10.1. The third-order valence-corrected chi connectivity index (χ3v) is 8.37. The van der Waals surface area contributed by atoms with Gasteiger partial charge in [0, 0.05) is 22.3 Å². The fourth-order valence-electron chi connectivity index (χ4n) is 4.35. The summed E-state index contributed by atoms with van der Waals surface area (Å²) in [7, 11) is 0.282. The maximum Gasteiger partial charge on any atom is 0.264 e. The summed E-state index contributed by atoms with van der Waals surface area (Å²) in [5.41, 5.74) is 2.15. The number of ether oxygens (including phenoxy) is 3. The number of carbonyl (C=O) groups is 1. The number of fused-ring (bicyclic) bond motifs is 1. The van der Waals surface area contributed by atoms with Crippen molar-refractivity contribution < 1.29 is 27.4 Å². The fraction of sp³-hybridized carbons (Fsp3) is 0.269. The molecule has 0 aromatic heterocycles. The molecule has 1 aliphatic heterocycles. The fourth-order valence-corrected chi connectivity index (χ4v) is 6.19. The highest BCUT2D eigenvalue weighted by molar-refractivity contribution is 9.10. The van der Waals surface area contributed by atoms with Crippen LogP contribution >= 0.6 is 15.9 Å². The number of halogens is 1. The summed E-state index contributed by atoms with van der Waals surface area (Å²) < 4.78 is 45.6. The number of rotatable bonds is 8. The SMILES string of the molecule is COc1ccc(N(CC(=O)N2c3ccc(Br)cc3CC2C)S(=O)(=O)c2ccc(OC)c(OC)c2)cc1. The van der Waals surface area contributed by atoms with Gasteiger partial charge in [-0.15, -0.1) is 0 Å². The van der Waals surface area contributed by atoms with E-state index in [2.05, 4.69) is 15.9 Å². The number of benzene rings is 3. The van der Waals surface area contributed by atoms with Gasteiger partial charge >= 0.3 is 0 Å². The van der Waals surface area contributed by atoms with Crippen LogP contribution in [0.5, 0.6) is 17.2 Å². The highest BCUT2D eigenvalue weighted by atomic mass is 79.9. The number of anilines is 2. The smallest absolute Gasteiger partial charge is 0.264 e. The zero-order valence-electron chi connectivity index (χ0n) is 20.4. The van der Waals surface area contributed by atoms with Crippen molar-refractivity contribution in [3.63, 3.8) is 0 Å². The first-order valence-corrected chi connectivity index (χ1v) is 13.4. The minimum Gasteiger partial charge on any atom is -0.497 e. The average Bonchev–Trinajstić information content (AvgIpc) is 3.21. The Morgan fingerprint density at radius 2 is 1.67 bits per heavy atom. The maximum atomic E-state index is 13.9. The molecule has 1 unspecified atom stereocenters. The van der Waals surface area contributed by atoms with Crippen LogP contribution in [-0.4, -0.2) is 48.2 Å². The molecule has 10 heteroatoms. The Morgan fingerprint density at radius 1 is 0.972 bits per heavy atom. The van der Waals surface area contributed by atoms with E-state index in [0.29, 0.717) is 23.6 Å². The second-order valence-corrected chi connectivity index (χ2v) is 11.1. The lowest BCUT2D eigenvalue weighted by molar-refractivity contribution is -0.117.